The van der Waals surface area contributed by atoms with Crippen molar-refractivity contribution in [1.29, 1.82) is 0 Å². The fraction of sp³-hybridized carbons (Fsp3) is 0.440. The second-order valence-corrected chi connectivity index (χ2v) is 7.23. The van der Waals surface area contributed by atoms with Gasteiger partial charge in [0.2, 0.25) is 0 Å². The zero-order valence-corrected chi connectivity index (χ0v) is 16.3. The van der Waals surface area contributed by atoms with Crippen molar-refractivity contribution in [2.24, 2.45) is 0 Å². The van der Waals surface area contributed by atoms with Gasteiger partial charge in [0.25, 0.3) is 0 Å². The van der Waals surface area contributed by atoms with Gasteiger partial charge in [-0.25, -0.2) is 0 Å². The lowest BCUT2D eigenvalue weighted by molar-refractivity contribution is 0.250. The Labute approximate surface area is 160 Å². The predicted octanol–water partition coefficient (Wildman–Crippen LogP) is 7.00. The standard InChI is InChI=1S/C25H35N/c1-2-3-4-5-6-7-8-9-16-21-26(22-24-17-12-10-13-18-24)23-25-19-14-11-15-20-25/h2,10-15,17-20H,1,3-9,16,21-23H2. The van der Waals surface area contributed by atoms with Gasteiger partial charge in [0.1, 0.15) is 0 Å². The van der Waals surface area contributed by atoms with Crippen molar-refractivity contribution in [1.82, 2.24) is 4.90 Å². The van der Waals surface area contributed by atoms with Crippen LogP contribution in [0.4, 0.5) is 0 Å². The van der Waals surface area contributed by atoms with Gasteiger partial charge in [-0.2, -0.15) is 0 Å². The summed E-state index contributed by atoms with van der Waals surface area (Å²) in [5.74, 6) is 0. The van der Waals surface area contributed by atoms with Crippen molar-refractivity contribution in [2.45, 2.75) is 64.5 Å². The molecule has 0 amide bonds. The molecule has 2 aromatic rings. The van der Waals surface area contributed by atoms with Crippen molar-refractivity contribution in [2.75, 3.05) is 6.54 Å². The van der Waals surface area contributed by atoms with Crippen LogP contribution in [-0.2, 0) is 13.1 Å². The number of hydrogen-bond donors (Lipinski definition) is 0. The molecule has 1 heteroatoms. The topological polar surface area (TPSA) is 3.24 Å². The Morgan fingerprint density at radius 1 is 0.615 bits per heavy atom. The molecule has 0 atom stereocenters. The summed E-state index contributed by atoms with van der Waals surface area (Å²) in [6, 6.07) is 21.7. The third-order valence-corrected chi connectivity index (χ3v) is 4.88. The van der Waals surface area contributed by atoms with E-state index in [0.29, 0.717) is 0 Å². The molecule has 0 radical (unpaired) electrons. The molecule has 0 aliphatic carbocycles. The number of rotatable bonds is 14. The first kappa shape index (κ1) is 20.5. The van der Waals surface area contributed by atoms with Crippen LogP contribution in [0, 0.1) is 0 Å². The molecule has 0 aliphatic heterocycles. The Kier molecular flexibility index (Phi) is 10.5. The third kappa shape index (κ3) is 9.01. The molecule has 2 rings (SSSR count). The highest BCUT2D eigenvalue weighted by Crippen LogP contribution is 2.13. The minimum atomic E-state index is 1.04. The Balaban J connectivity index is 1.71. The number of benzene rings is 2. The lowest BCUT2D eigenvalue weighted by Gasteiger charge is -2.22. The summed E-state index contributed by atoms with van der Waals surface area (Å²) >= 11 is 0. The predicted molar refractivity (Wildman–Crippen MR) is 114 cm³/mol. The molecular weight excluding hydrogens is 314 g/mol. The summed E-state index contributed by atoms with van der Waals surface area (Å²) in [6.45, 7) is 7.05. The van der Waals surface area contributed by atoms with Crippen LogP contribution in [-0.4, -0.2) is 11.4 Å². The van der Waals surface area contributed by atoms with Crippen LogP contribution < -0.4 is 0 Å². The molecule has 0 bridgehead atoms. The molecule has 0 heterocycles. The molecular formula is C25H35N. The highest BCUT2D eigenvalue weighted by Gasteiger charge is 2.07. The van der Waals surface area contributed by atoms with Gasteiger partial charge in [-0.1, -0.05) is 98.8 Å². The van der Waals surface area contributed by atoms with Gasteiger partial charge in [0.15, 0.2) is 0 Å². The molecule has 140 valence electrons. The average molecular weight is 350 g/mol. The van der Waals surface area contributed by atoms with E-state index in [4.69, 9.17) is 0 Å². The Morgan fingerprint density at radius 2 is 1.08 bits per heavy atom. The van der Waals surface area contributed by atoms with E-state index in [1.54, 1.807) is 0 Å². The minimum Gasteiger partial charge on any atom is -0.295 e. The third-order valence-electron chi connectivity index (χ3n) is 4.88. The molecule has 0 aromatic heterocycles. The Morgan fingerprint density at radius 3 is 1.58 bits per heavy atom. The number of allylic oxidation sites excluding steroid dienone is 1. The molecule has 1 nitrogen and oxygen atoms in total. The SMILES string of the molecule is C=CCCCCCCCCCN(Cc1ccccc1)Cc1ccccc1. The van der Waals surface area contributed by atoms with E-state index in [2.05, 4.69) is 72.1 Å². The lowest BCUT2D eigenvalue weighted by Crippen LogP contribution is -2.24. The second-order valence-electron chi connectivity index (χ2n) is 7.23. The zero-order chi connectivity index (χ0) is 18.3. The average Bonchev–Trinajstić information content (AvgIpc) is 2.68. The molecule has 0 unspecified atom stereocenters. The summed E-state index contributed by atoms with van der Waals surface area (Å²) in [5, 5.41) is 0. The molecule has 26 heavy (non-hydrogen) atoms. The van der Waals surface area contributed by atoms with Crippen molar-refractivity contribution in [3.63, 3.8) is 0 Å². The minimum absolute atomic E-state index is 1.04. The molecule has 2 aromatic carbocycles. The van der Waals surface area contributed by atoms with Gasteiger partial charge in [0.05, 0.1) is 0 Å². The summed E-state index contributed by atoms with van der Waals surface area (Å²) in [4.78, 5) is 2.59. The molecule has 0 saturated carbocycles. The van der Waals surface area contributed by atoms with Crippen molar-refractivity contribution >= 4 is 0 Å². The van der Waals surface area contributed by atoms with Gasteiger partial charge in [-0.05, 0) is 36.9 Å². The number of unbranched alkanes of at least 4 members (excludes halogenated alkanes) is 7. The van der Waals surface area contributed by atoms with E-state index in [0.717, 1.165) is 13.1 Å². The molecule has 0 aliphatic rings. The maximum absolute atomic E-state index is 3.79. The summed E-state index contributed by atoms with van der Waals surface area (Å²) in [5.41, 5.74) is 2.82. The molecule has 0 saturated heterocycles. The fourth-order valence-corrected chi connectivity index (χ4v) is 3.41. The first-order chi connectivity index (χ1) is 12.9. The van der Waals surface area contributed by atoms with Gasteiger partial charge < -0.3 is 0 Å². The van der Waals surface area contributed by atoms with Crippen molar-refractivity contribution in [3.05, 3.63) is 84.4 Å². The van der Waals surface area contributed by atoms with Crippen LogP contribution in [0.15, 0.2) is 73.3 Å². The zero-order valence-electron chi connectivity index (χ0n) is 16.3. The van der Waals surface area contributed by atoms with Crippen LogP contribution in [0.5, 0.6) is 0 Å². The first-order valence-electron chi connectivity index (χ1n) is 10.3. The smallest absolute Gasteiger partial charge is 0.0237 e. The van der Waals surface area contributed by atoms with Crippen molar-refractivity contribution in [3.8, 4) is 0 Å². The molecule has 0 spiro atoms. The summed E-state index contributed by atoms with van der Waals surface area (Å²) in [7, 11) is 0. The monoisotopic (exact) mass is 349 g/mol. The van der Waals surface area contributed by atoms with E-state index in [1.807, 2.05) is 6.08 Å². The van der Waals surface area contributed by atoms with Gasteiger partial charge >= 0.3 is 0 Å². The number of hydrogen-bond acceptors (Lipinski definition) is 1. The van der Waals surface area contributed by atoms with Crippen LogP contribution in [0.1, 0.15) is 62.5 Å². The second kappa shape index (κ2) is 13.4. The molecule has 0 N–H and O–H groups in total. The van der Waals surface area contributed by atoms with Crippen LogP contribution in [0.25, 0.3) is 0 Å². The Bertz CT molecular complexity index is 534. The normalized spacial score (nSPS) is 11.0. The van der Waals surface area contributed by atoms with E-state index in [1.165, 1.54) is 69.0 Å². The fourth-order valence-electron chi connectivity index (χ4n) is 3.41. The summed E-state index contributed by atoms with van der Waals surface area (Å²) in [6.07, 6.45) is 12.7. The van der Waals surface area contributed by atoms with E-state index < -0.39 is 0 Å². The van der Waals surface area contributed by atoms with Gasteiger partial charge in [0, 0.05) is 13.1 Å². The maximum Gasteiger partial charge on any atom is 0.0237 e. The van der Waals surface area contributed by atoms with E-state index in [-0.39, 0.29) is 0 Å². The summed E-state index contributed by atoms with van der Waals surface area (Å²) < 4.78 is 0. The lowest BCUT2D eigenvalue weighted by atomic mass is 10.1. The Hall–Kier alpha value is -1.86. The van der Waals surface area contributed by atoms with Crippen LogP contribution in [0.3, 0.4) is 0 Å². The maximum atomic E-state index is 3.79. The largest absolute Gasteiger partial charge is 0.295 e. The highest BCUT2D eigenvalue weighted by atomic mass is 15.1. The van der Waals surface area contributed by atoms with E-state index in [9.17, 15) is 0 Å². The van der Waals surface area contributed by atoms with Gasteiger partial charge in [-0.15, -0.1) is 6.58 Å². The van der Waals surface area contributed by atoms with Crippen LogP contribution in [0.2, 0.25) is 0 Å². The highest BCUT2D eigenvalue weighted by molar-refractivity contribution is 5.17. The first-order valence-corrected chi connectivity index (χ1v) is 10.3. The van der Waals surface area contributed by atoms with E-state index >= 15 is 0 Å². The van der Waals surface area contributed by atoms with Crippen LogP contribution >= 0.6 is 0 Å². The quantitative estimate of drug-likeness (QED) is 0.262. The number of nitrogens with zero attached hydrogens (tertiary/aromatic N) is 1. The van der Waals surface area contributed by atoms with Gasteiger partial charge in [-0.3, -0.25) is 4.90 Å². The molecule has 0 fully saturated rings. The van der Waals surface area contributed by atoms with Crippen molar-refractivity contribution < 1.29 is 0 Å².